The fourth-order valence-electron chi connectivity index (χ4n) is 1.41. The number of phenols is 1. The van der Waals surface area contributed by atoms with Crippen molar-refractivity contribution in [2.45, 2.75) is 26.7 Å². The van der Waals surface area contributed by atoms with Crippen LogP contribution in [0.5, 0.6) is 5.75 Å². The molecular weight excluding hydrogens is 226 g/mol. The van der Waals surface area contributed by atoms with Gasteiger partial charge in [-0.15, -0.1) is 0 Å². The number of hydrogen-bond donors (Lipinski definition) is 2. The molecule has 0 radical (unpaired) electrons. The summed E-state index contributed by atoms with van der Waals surface area (Å²) in [5.41, 5.74) is 0.607. The third-order valence-electron chi connectivity index (χ3n) is 2.38. The Hall–Kier alpha value is -1.22. The second-order valence-corrected chi connectivity index (χ2v) is 4.25. The minimum atomic E-state index is -0.0244. The third-order valence-corrected chi connectivity index (χ3v) is 2.69. The maximum atomic E-state index is 11.7. The molecule has 1 aromatic carbocycles. The average Bonchev–Trinajstić information content (AvgIpc) is 2.24. The predicted molar refractivity (Wildman–Crippen MR) is 65.8 cm³/mol. The molecule has 0 aliphatic heterocycles. The lowest BCUT2D eigenvalue weighted by Gasteiger charge is -2.11. The van der Waals surface area contributed by atoms with Crippen molar-refractivity contribution in [2.24, 2.45) is 5.92 Å². The summed E-state index contributed by atoms with van der Waals surface area (Å²) in [5, 5.41) is 12.2. The molecule has 0 aliphatic rings. The van der Waals surface area contributed by atoms with Crippen molar-refractivity contribution in [1.29, 1.82) is 0 Å². The maximum absolute atomic E-state index is 11.7. The molecule has 88 valence electrons. The van der Waals surface area contributed by atoms with Gasteiger partial charge in [0.1, 0.15) is 5.75 Å². The fourth-order valence-corrected chi connectivity index (χ4v) is 1.59. The van der Waals surface area contributed by atoms with Gasteiger partial charge in [-0.05, 0) is 24.6 Å². The molecule has 0 bridgehead atoms. The Morgan fingerprint density at radius 3 is 2.81 bits per heavy atom. The highest BCUT2D eigenvalue weighted by molar-refractivity contribution is 6.32. The molecular formula is C12H16ClNO2. The standard InChI is InChI=1S/C12H16ClNO2/c1-3-4-8(2)12(16)14-9-5-6-11(15)10(13)7-9/h5-8,15H,3-4H2,1-2H3,(H,14,16). The molecule has 1 atom stereocenters. The van der Waals surface area contributed by atoms with E-state index < -0.39 is 0 Å². The van der Waals surface area contributed by atoms with Gasteiger partial charge < -0.3 is 10.4 Å². The number of phenolic OH excluding ortho intramolecular Hbond substituents is 1. The molecule has 0 heterocycles. The molecule has 1 unspecified atom stereocenters. The van der Waals surface area contributed by atoms with Gasteiger partial charge in [0, 0.05) is 11.6 Å². The smallest absolute Gasteiger partial charge is 0.227 e. The van der Waals surface area contributed by atoms with E-state index in [-0.39, 0.29) is 22.6 Å². The summed E-state index contributed by atoms with van der Waals surface area (Å²) >= 11 is 5.74. The molecule has 0 aliphatic carbocycles. The number of anilines is 1. The molecule has 1 amide bonds. The van der Waals surface area contributed by atoms with Gasteiger partial charge in [0.15, 0.2) is 0 Å². The molecule has 1 aromatic rings. The molecule has 0 fully saturated rings. The minimum Gasteiger partial charge on any atom is -0.506 e. The lowest BCUT2D eigenvalue weighted by atomic mass is 10.1. The van der Waals surface area contributed by atoms with E-state index in [1.807, 2.05) is 13.8 Å². The van der Waals surface area contributed by atoms with Crippen molar-refractivity contribution in [3.8, 4) is 5.75 Å². The van der Waals surface area contributed by atoms with Crippen molar-refractivity contribution in [3.05, 3.63) is 23.2 Å². The molecule has 16 heavy (non-hydrogen) atoms. The number of amides is 1. The van der Waals surface area contributed by atoms with E-state index in [4.69, 9.17) is 11.6 Å². The van der Waals surface area contributed by atoms with E-state index in [0.717, 1.165) is 12.8 Å². The maximum Gasteiger partial charge on any atom is 0.227 e. The molecule has 0 spiro atoms. The summed E-state index contributed by atoms with van der Waals surface area (Å²) in [5.74, 6) is -0.0255. The zero-order valence-corrected chi connectivity index (χ0v) is 10.2. The minimum absolute atomic E-state index is 0.0151. The van der Waals surface area contributed by atoms with Gasteiger partial charge in [-0.25, -0.2) is 0 Å². The molecule has 3 nitrogen and oxygen atoms in total. The van der Waals surface area contributed by atoms with E-state index in [1.54, 1.807) is 6.07 Å². The zero-order chi connectivity index (χ0) is 12.1. The van der Waals surface area contributed by atoms with Crippen molar-refractivity contribution in [2.75, 3.05) is 5.32 Å². The first-order valence-corrected chi connectivity index (χ1v) is 5.71. The first-order valence-electron chi connectivity index (χ1n) is 5.34. The van der Waals surface area contributed by atoms with E-state index >= 15 is 0 Å². The molecule has 0 saturated heterocycles. The summed E-state index contributed by atoms with van der Waals surface area (Å²) in [7, 11) is 0. The van der Waals surface area contributed by atoms with Crippen LogP contribution in [0.3, 0.4) is 0 Å². The number of carbonyl (C=O) groups excluding carboxylic acids is 1. The van der Waals surface area contributed by atoms with Crippen LogP contribution in [0.15, 0.2) is 18.2 Å². The SMILES string of the molecule is CCCC(C)C(=O)Nc1ccc(O)c(Cl)c1. The van der Waals surface area contributed by atoms with Crippen LogP contribution in [0.4, 0.5) is 5.69 Å². The van der Waals surface area contributed by atoms with Crippen molar-refractivity contribution >= 4 is 23.2 Å². The lowest BCUT2D eigenvalue weighted by molar-refractivity contribution is -0.119. The number of carbonyl (C=O) groups is 1. The third kappa shape index (κ3) is 3.42. The molecule has 0 aromatic heterocycles. The molecule has 1 rings (SSSR count). The highest BCUT2D eigenvalue weighted by atomic mass is 35.5. The zero-order valence-electron chi connectivity index (χ0n) is 9.46. The summed E-state index contributed by atoms with van der Waals surface area (Å²) in [6.45, 7) is 3.93. The largest absolute Gasteiger partial charge is 0.506 e. The molecule has 0 saturated carbocycles. The van der Waals surface area contributed by atoms with Crippen LogP contribution < -0.4 is 5.32 Å². The number of halogens is 1. The van der Waals surface area contributed by atoms with E-state index in [0.29, 0.717) is 5.69 Å². The van der Waals surface area contributed by atoms with Gasteiger partial charge in [-0.1, -0.05) is 31.9 Å². The Kier molecular flexibility index (Phi) is 4.62. The normalized spacial score (nSPS) is 12.2. The van der Waals surface area contributed by atoms with Crippen LogP contribution in [0.2, 0.25) is 5.02 Å². The van der Waals surface area contributed by atoms with Crippen LogP contribution in [-0.2, 0) is 4.79 Å². The van der Waals surface area contributed by atoms with Crippen molar-refractivity contribution in [3.63, 3.8) is 0 Å². The quantitative estimate of drug-likeness (QED) is 0.794. The van der Waals surface area contributed by atoms with Gasteiger partial charge >= 0.3 is 0 Å². The predicted octanol–water partition coefficient (Wildman–Crippen LogP) is 3.42. The number of nitrogens with one attached hydrogen (secondary N) is 1. The Bertz CT molecular complexity index is 379. The van der Waals surface area contributed by atoms with Crippen LogP contribution in [0.1, 0.15) is 26.7 Å². The van der Waals surface area contributed by atoms with E-state index in [2.05, 4.69) is 5.32 Å². The van der Waals surface area contributed by atoms with Crippen LogP contribution in [0.25, 0.3) is 0 Å². The number of hydrogen-bond acceptors (Lipinski definition) is 2. The van der Waals surface area contributed by atoms with Crippen LogP contribution >= 0.6 is 11.6 Å². The number of rotatable bonds is 4. The first-order chi connectivity index (χ1) is 7.54. The number of aromatic hydroxyl groups is 1. The second-order valence-electron chi connectivity index (χ2n) is 3.85. The van der Waals surface area contributed by atoms with E-state index in [9.17, 15) is 9.90 Å². The van der Waals surface area contributed by atoms with Gasteiger partial charge in [-0.3, -0.25) is 4.79 Å². The highest BCUT2D eigenvalue weighted by Gasteiger charge is 2.12. The average molecular weight is 242 g/mol. The van der Waals surface area contributed by atoms with E-state index in [1.165, 1.54) is 12.1 Å². The van der Waals surface area contributed by atoms with Crippen LogP contribution in [-0.4, -0.2) is 11.0 Å². The second kappa shape index (κ2) is 5.75. The monoisotopic (exact) mass is 241 g/mol. The van der Waals surface area contributed by atoms with Gasteiger partial charge in [0.2, 0.25) is 5.91 Å². The fraction of sp³-hybridized carbons (Fsp3) is 0.417. The van der Waals surface area contributed by atoms with Gasteiger partial charge in [0.05, 0.1) is 5.02 Å². The number of benzene rings is 1. The summed E-state index contributed by atoms with van der Waals surface area (Å²) in [4.78, 5) is 11.7. The Balaban J connectivity index is 2.66. The Labute approximate surface area is 100 Å². The highest BCUT2D eigenvalue weighted by Crippen LogP contribution is 2.26. The lowest BCUT2D eigenvalue weighted by Crippen LogP contribution is -2.20. The topological polar surface area (TPSA) is 49.3 Å². The van der Waals surface area contributed by atoms with Crippen LogP contribution in [0, 0.1) is 5.92 Å². The van der Waals surface area contributed by atoms with Crippen molar-refractivity contribution in [1.82, 2.24) is 0 Å². The van der Waals surface area contributed by atoms with Crippen molar-refractivity contribution < 1.29 is 9.90 Å². The first kappa shape index (κ1) is 12.8. The molecule has 4 heteroatoms. The van der Waals surface area contributed by atoms with Gasteiger partial charge in [0.25, 0.3) is 0 Å². The summed E-state index contributed by atoms with van der Waals surface area (Å²) in [6, 6.07) is 4.62. The summed E-state index contributed by atoms with van der Waals surface area (Å²) < 4.78 is 0. The summed E-state index contributed by atoms with van der Waals surface area (Å²) in [6.07, 6.45) is 1.84. The Morgan fingerprint density at radius 1 is 1.56 bits per heavy atom. The Morgan fingerprint density at radius 2 is 2.25 bits per heavy atom. The van der Waals surface area contributed by atoms with Gasteiger partial charge in [-0.2, -0.15) is 0 Å². The molecule has 2 N–H and O–H groups in total.